The Morgan fingerprint density at radius 2 is 2.06 bits per heavy atom. The van der Waals surface area contributed by atoms with Crippen molar-refractivity contribution in [3.8, 4) is 12.0 Å². The Bertz CT molecular complexity index is 1260. The number of carbonyl (C=O) groups is 1. The average molecular weight is 414 g/mol. The number of amidine groups is 1. The Labute approximate surface area is 178 Å². The molecule has 1 aromatic carbocycles. The molecule has 0 fully saturated rings. The topological polar surface area (TPSA) is 119 Å². The molecule has 1 aliphatic heterocycles. The largest absolute Gasteiger partial charge is 0.383 e. The highest BCUT2D eigenvalue weighted by atomic mass is 19.1. The summed E-state index contributed by atoms with van der Waals surface area (Å²) in [6.45, 7) is 1.80. The summed E-state index contributed by atoms with van der Waals surface area (Å²) in [5.74, 6) is 2.11. The van der Waals surface area contributed by atoms with E-state index in [-0.39, 0.29) is 5.69 Å². The van der Waals surface area contributed by atoms with E-state index >= 15 is 0 Å². The van der Waals surface area contributed by atoms with E-state index in [1.807, 2.05) is 0 Å². The zero-order valence-electron chi connectivity index (χ0n) is 16.7. The molecule has 0 saturated carbocycles. The van der Waals surface area contributed by atoms with Gasteiger partial charge in [0.25, 0.3) is 5.91 Å². The Hall–Kier alpha value is -4.25. The number of nitrogens with one attached hydrogen (secondary N) is 1. The summed E-state index contributed by atoms with van der Waals surface area (Å²) in [6, 6.07) is 11.6. The SMILES string of the molecule is CC1(c2cc(NC(=O)c3ccc(C#CN)cn3)ccc2F)Cc2cnccc2C(N)=N1. The summed E-state index contributed by atoms with van der Waals surface area (Å²) in [6.07, 6.45) is 5.24. The molecule has 154 valence electrons. The van der Waals surface area contributed by atoms with Gasteiger partial charge in [-0.3, -0.25) is 14.8 Å². The van der Waals surface area contributed by atoms with Gasteiger partial charge in [-0.1, -0.05) is 0 Å². The smallest absolute Gasteiger partial charge is 0.274 e. The summed E-state index contributed by atoms with van der Waals surface area (Å²) in [5, 5.41) is 2.74. The fourth-order valence-corrected chi connectivity index (χ4v) is 3.61. The van der Waals surface area contributed by atoms with E-state index in [1.165, 1.54) is 24.4 Å². The first-order chi connectivity index (χ1) is 14.9. The fraction of sp³-hybridized carbons (Fsp3) is 0.130. The number of nitrogens with zero attached hydrogens (tertiary/aromatic N) is 3. The predicted molar refractivity (Wildman–Crippen MR) is 116 cm³/mol. The van der Waals surface area contributed by atoms with Crippen molar-refractivity contribution in [2.75, 3.05) is 5.32 Å². The van der Waals surface area contributed by atoms with Gasteiger partial charge >= 0.3 is 0 Å². The van der Waals surface area contributed by atoms with Crippen molar-refractivity contribution < 1.29 is 9.18 Å². The van der Waals surface area contributed by atoms with Crippen LogP contribution < -0.4 is 16.8 Å². The Kier molecular flexibility index (Phi) is 5.09. The molecular weight excluding hydrogens is 395 g/mol. The maximum Gasteiger partial charge on any atom is 0.274 e. The van der Waals surface area contributed by atoms with Crippen LogP contribution in [-0.2, 0) is 12.0 Å². The summed E-state index contributed by atoms with van der Waals surface area (Å²) in [4.78, 5) is 25.4. The Balaban J connectivity index is 1.62. The number of anilines is 1. The number of carbonyl (C=O) groups excluding carboxylic acids is 1. The quantitative estimate of drug-likeness (QED) is 0.449. The van der Waals surface area contributed by atoms with Crippen LogP contribution in [0.25, 0.3) is 0 Å². The van der Waals surface area contributed by atoms with Crippen molar-refractivity contribution in [1.82, 2.24) is 9.97 Å². The monoisotopic (exact) mass is 414 g/mol. The summed E-state index contributed by atoms with van der Waals surface area (Å²) >= 11 is 0. The van der Waals surface area contributed by atoms with Gasteiger partial charge in [0.2, 0.25) is 0 Å². The molecule has 8 heteroatoms. The summed E-state index contributed by atoms with van der Waals surface area (Å²) in [5.41, 5.74) is 13.6. The van der Waals surface area contributed by atoms with E-state index < -0.39 is 17.3 Å². The Morgan fingerprint density at radius 1 is 1.23 bits per heavy atom. The zero-order chi connectivity index (χ0) is 22.0. The summed E-state index contributed by atoms with van der Waals surface area (Å²) < 4.78 is 14.8. The minimum atomic E-state index is -0.939. The van der Waals surface area contributed by atoms with Crippen molar-refractivity contribution in [2.24, 2.45) is 16.5 Å². The molecule has 7 nitrogen and oxygen atoms in total. The number of aromatic nitrogens is 2. The van der Waals surface area contributed by atoms with E-state index in [0.717, 1.165) is 11.1 Å². The van der Waals surface area contributed by atoms with Gasteiger partial charge in [0.1, 0.15) is 17.3 Å². The van der Waals surface area contributed by atoms with Crippen LogP contribution in [0.4, 0.5) is 10.1 Å². The van der Waals surface area contributed by atoms with E-state index in [1.54, 1.807) is 37.5 Å². The van der Waals surface area contributed by atoms with Crippen LogP contribution in [0.5, 0.6) is 0 Å². The molecular formula is C23H19FN6O. The van der Waals surface area contributed by atoms with Crippen LogP contribution in [-0.4, -0.2) is 21.7 Å². The number of benzene rings is 1. The number of aliphatic imine (C=N–C) groups is 1. The molecule has 1 atom stereocenters. The summed E-state index contributed by atoms with van der Waals surface area (Å²) in [7, 11) is 0. The van der Waals surface area contributed by atoms with Crippen molar-refractivity contribution in [3.05, 3.63) is 88.8 Å². The van der Waals surface area contributed by atoms with Gasteiger partial charge in [-0.15, -0.1) is 0 Å². The van der Waals surface area contributed by atoms with Crippen molar-refractivity contribution >= 4 is 17.4 Å². The number of hydrogen-bond acceptors (Lipinski definition) is 6. The lowest BCUT2D eigenvalue weighted by molar-refractivity contribution is 0.102. The molecule has 0 spiro atoms. The van der Waals surface area contributed by atoms with Crippen LogP contribution >= 0.6 is 0 Å². The fourth-order valence-electron chi connectivity index (χ4n) is 3.61. The highest BCUT2D eigenvalue weighted by Gasteiger charge is 2.34. The first-order valence-electron chi connectivity index (χ1n) is 9.47. The second-order valence-corrected chi connectivity index (χ2v) is 7.33. The predicted octanol–water partition coefficient (Wildman–Crippen LogP) is 2.31. The molecule has 1 aliphatic rings. The van der Waals surface area contributed by atoms with Gasteiger partial charge in [-0.25, -0.2) is 9.37 Å². The Morgan fingerprint density at radius 3 is 2.81 bits per heavy atom. The second-order valence-electron chi connectivity index (χ2n) is 7.33. The maximum atomic E-state index is 14.8. The van der Waals surface area contributed by atoms with Gasteiger partial charge in [-0.05, 0) is 54.8 Å². The van der Waals surface area contributed by atoms with Crippen LogP contribution in [0, 0.1) is 17.8 Å². The number of amides is 1. The number of fused-ring (bicyclic) bond motifs is 1. The zero-order valence-corrected chi connectivity index (χ0v) is 16.7. The number of nitrogens with two attached hydrogens (primary N) is 2. The lowest BCUT2D eigenvalue weighted by Crippen LogP contribution is -2.34. The third-order valence-corrected chi connectivity index (χ3v) is 5.10. The molecule has 0 bridgehead atoms. The van der Waals surface area contributed by atoms with Gasteiger partial charge in [-0.2, -0.15) is 0 Å². The van der Waals surface area contributed by atoms with Crippen LogP contribution in [0.1, 0.15) is 39.7 Å². The van der Waals surface area contributed by atoms with Gasteiger partial charge in [0, 0.05) is 53.4 Å². The molecule has 0 aliphatic carbocycles. The number of hydrogen-bond donors (Lipinski definition) is 3. The third-order valence-electron chi connectivity index (χ3n) is 5.10. The molecule has 5 N–H and O–H groups in total. The molecule has 1 unspecified atom stereocenters. The van der Waals surface area contributed by atoms with Crippen LogP contribution in [0.2, 0.25) is 0 Å². The minimum Gasteiger partial charge on any atom is -0.383 e. The second kappa shape index (κ2) is 7.88. The first kappa shape index (κ1) is 20.0. The van der Waals surface area contributed by atoms with Crippen LogP contribution in [0.3, 0.4) is 0 Å². The van der Waals surface area contributed by atoms with Crippen LogP contribution in [0.15, 0.2) is 60.0 Å². The van der Waals surface area contributed by atoms with E-state index in [4.69, 9.17) is 11.5 Å². The molecule has 3 aromatic rings. The van der Waals surface area contributed by atoms with E-state index in [2.05, 4.69) is 32.2 Å². The lowest BCUT2D eigenvalue weighted by Gasteiger charge is -2.32. The average Bonchev–Trinajstić information content (AvgIpc) is 2.75. The van der Waals surface area contributed by atoms with Crippen molar-refractivity contribution in [1.29, 1.82) is 0 Å². The number of rotatable bonds is 3. The standard InChI is InChI=1S/C23H19FN6O/c1-23(11-15-13-27-9-7-17(15)21(26)30-23)18-10-16(3-4-19(18)24)29-22(31)20-5-2-14(6-8-25)12-28-20/h2-5,7,9-10,12-13H,11,25H2,1H3,(H2,26,30)(H,29,31). The first-order valence-corrected chi connectivity index (χ1v) is 9.47. The third kappa shape index (κ3) is 3.94. The normalized spacial score (nSPS) is 17.0. The molecule has 2 aromatic heterocycles. The maximum absolute atomic E-state index is 14.8. The molecule has 0 saturated heterocycles. The van der Waals surface area contributed by atoms with Crippen molar-refractivity contribution in [2.45, 2.75) is 18.9 Å². The highest BCUT2D eigenvalue weighted by Crippen LogP contribution is 2.37. The number of halogens is 1. The minimum absolute atomic E-state index is 0.194. The van der Waals surface area contributed by atoms with E-state index in [9.17, 15) is 9.18 Å². The molecule has 3 heterocycles. The van der Waals surface area contributed by atoms with Gasteiger partial charge < -0.3 is 16.8 Å². The van der Waals surface area contributed by atoms with E-state index in [0.29, 0.717) is 29.1 Å². The van der Waals surface area contributed by atoms with Gasteiger partial charge in [0.15, 0.2) is 0 Å². The van der Waals surface area contributed by atoms with Crippen molar-refractivity contribution in [3.63, 3.8) is 0 Å². The molecule has 1 amide bonds. The molecule has 31 heavy (non-hydrogen) atoms. The number of pyridine rings is 2. The molecule has 4 rings (SSSR count). The highest BCUT2D eigenvalue weighted by molar-refractivity contribution is 6.03. The molecule has 0 radical (unpaired) electrons. The lowest BCUT2D eigenvalue weighted by atomic mass is 9.82. The van der Waals surface area contributed by atoms with Gasteiger partial charge in [0.05, 0.1) is 5.54 Å².